The number of fused-ring (bicyclic) bond motifs is 1. The van der Waals surface area contributed by atoms with Gasteiger partial charge in [0, 0.05) is 36.1 Å². The molecule has 26 heavy (non-hydrogen) atoms. The van der Waals surface area contributed by atoms with Gasteiger partial charge in [0.25, 0.3) is 0 Å². The molecule has 0 radical (unpaired) electrons. The normalized spacial score (nSPS) is 11.9. The van der Waals surface area contributed by atoms with Crippen LogP contribution in [-0.2, 0) is 17.1 Å². The second kappa shape index (κ2) is 6.12. The average Bonchev–Trinajstić information content (AvgIpc) is 3.25. The van der Waals surface area contributed by atoms with Crippen molar-refractivity contribution in [2.24, 2.45) is 7.05 Å². The number of aromatic nitrogens is 3. The van der Waals surface area contributed by atoms with Crippen LogP contribution in [0.15, 0.2) is 72.1 Å². The predicted octanol–water partition coefficient (Wildman–Crippen LogP) is 2.94. The maximum Gasteiger partial charge on any atom is 0.240 e. The summed E-state index contributed by atoms with van der Waals surface area (Å²) in [6.45, 7) is 0. The summed E-state index contributed by atoms with van der Waals surface area (Å²) in [7, 11) is -0.206. The highest BCUT2D eigenvalue weighted by Crippen LogP contribution is 2.33. The van der Waals surface area contributed by atoms with Gasteiger partial charge in [-0.05, 0) is 37.4 Å². The Morgan fingerprint density at radius 2 is 1.81 bits per heavy atom. The fourth-order valence-corrected chi connectivity index (χ4v) is 3.81. The molecule has 0 atom stereocenters. The van der Waals surface area contributed by atoms with Crippen molar-refractivity contribution in [1.82, 2.24) is 18.8 Å². The van der Waals surface area contributed by atoms with Gasteiger partial charge in [0.1, 0.15) is 0 Å². The molecule has 0 bridgehead atoms. The molecule has 0 amide bonds. The van der Waals surface area contributed by atoms with Crippen LogP contribution in [0.5, 0.6) is 0 Å². The zero-order valence-electron chi connectivity index (χ0n) is 14.4. The van der Waals surface area contributed by atoms with Crippen LogP contribution < -0.4 is 4.72 Å². The first-order valence-corrected chi connectivity index (χ1v) is 9.60. The highest BCUT2D eigenvalue weighted by Gasteiger charge is 2.18. The number of aryl methyl sites for hydroxylation is 1. The highest BCUT2D eigenvalue weighted by atomic mass is 32.2. The summed E-state index contributed by atoms with van der Waals surface area (Å²) in [5.74, 6) is 0. The molecule has 2 aromatic carbocycles. The van der Waals surface area contributed by atoms with E-state index in [9.17, 15) is 8.42 Å². The Labute approximate surface area is 151 Å². The van der Waals surface area contributed by atoms with Gasteiger partial charge in [-0.1, -0.05) is 18.2 Å². The Morgan fingerprint density at radius 3 is 2.46 bits per heavy atom. The van der Waals surface area contributed by atoms with Crippen LogP contribution >= 0.6 is 0 Å². The van der Waals surface area contributed by atoms with Crippen molar-refractivity contribution in [2.45, 2.75) is 4.90 Å². The van der Waals surface area contributed by atoms with Gasteiger partial charge in [0.15, 0.2) is 0 Å². The molecule has 4 rings (SSSR count). The summed E-state index contributed by atoms with van der Waals surface area (Å²) in [6, 6.07) is 15.1. The maximum absolute atomic E-state index is 12.2. The fourth-order valence-electron chi connectivity index (χ4n) is 3.05. The third-order valence-electron chi connectivity index (χ3n) is 4.37. The summed E-state index contributed by atoms with van der Waals surface area (Å²) >= 11 is 0. The van der Waals surface area contributed by atoms with E-state index in [1.165, 1.54) is 7.05 Å². The lowest BCUT2D eigenvalue weighted by Crippen LogP contribution is -2.18. The van der Waals surface area contributed by atoms with Crippen LogP contribution in [0.25, 0.3) is 27.8 Å². The molecular weight excluding hydrogens is 348 g/mol. The van der Waals surface area contributed by atoms with E-state index in [4.69, 9.17) is 0 Å². The predicted molar refractivity (Wildman–Crippen MR) is 102 cm³/mol. The number of rotatable bonds is 4. The standard InChI is InChI=1S/C19H18N4O2S/c1-20-26(24,25)15-8-9-19-16(10-15)17(18-12-22(2)13-21-18)11-23(19)14-6-4-3-5-7-14/h3-13,20H,1-2H3. The van der Waals surface area contributed by atoms with Crippen molar-refractivity contribution < 1.29 is 8.42 Å². The quantitative estimate of drug-likeness (QED) is 0.604. The van der Waals surface area contributed by atoms with Crippen molar-refractivity contribution >= 4 is 20.9 Å². The van der Waals surface area contributed by atoms with E-state index in [0.29, 0.717) is 0 Å². The van der Waals surface area contributed by atoms with Crippen LogP contribution in [0.2, 0.25) is 0 Å². The van der Waals surface area contributed by atoms with E-state index in [1.807, 2.05) is 60.4 Å². The van der Waals surface area contributed by atoms with Gasteiger partial charge >= 0.3 is 0 Å². The van der Waals surface area contributed by atoms with Crippen LogP contribution in [0, 0.1) is 0 Å². The molecule has 0 aliphatic rings. The van der Waals surface area contributed by atoms with E-state index in [2.05, 4.69) is 14.3 Å². The molecule has 2 heterocycles. The Kier molecular flexibility index (Phi) is 3.90. The molecule has 0 saturated carbocycles. The molecule has 0 fully saturated rings. The largest absolute Gasteiger partial charge is 0.340 e. The molecule has 7 heteroatoms. The van der Waals surface area contributed by atoms with Gasteiger partial charge in [-0.2, -0.15) is 0 Å². The lowest BCUT2D eigenvalue weighted by molar-refractivity contribution is 0.588. The number of nitrogens with one attached hydrogen (secondary N) is 1. The minimum Gasteiger partial charge on any atom is -0.340 e. The Balaban J connectivity index is 2.03. The molecule has 0 spiro atoms. The molecule has 2 aromatic heterocycles. The molecule has 6 nitrogen and oxygen atoms in total. The average molecular weight is 366 g/mol. The number of hydrogen-bond acceptors (Lipinski definition) is 3. The number of sulfonamides is 1. The number of nitrogens with zero attached hydrogens (tertiary/aromatic N) is 3. The molecular formula is C19H18N4O2S. The first kappa shape index (κ1) is 16.6. The summed E-state index contributed by atoms with van der Waals surface area (Å²) in [6.07, 6.45) is 5.65. The van der Waals surface area contributed by atoms with E-state index < -0.39 is 10.0 Å². The lowest BCUT2D eigenvalue weighted by Gasteiger charge is -2.06. The minimum atomic E-state index is -3.52. The van der Waals surface area contributed by atoms with Gasteiger partial charge in [-0.15, -0.1) is 0 Å². The van der Waals surface area contributed by atoms with E-state index >= 15 is 0 Å². The zero-order valence-corrected chi connectivity index (χ0v) is 15.2. The van der Waals surface area contributed by atoms with Crippen LogP contribution in [0.1, 0.15) is 0 Å². The number of hydrogen-bond donors (Lipinski definition) is 1. The first-order chi connectivity index (χ1) is 12.5. The summed E-state index contributed by atoms with van der Waals surface area (Å²) < 4.78 is 30.8. The second-order valence-electron chi connectivity index (χ2n) is 6.06. The SMILES string of the molecule is CNS(=O)(=O)c1ccc2c(c1)c(-c1cn(C)cn1)cn2-c1ccccc1. The van der Waals surface area contributed by atoms with Gasteiger partial charge in [-0.3, -0.25) is 0 Å². The molecule has 0 unspecified atom stereocenters. The van der Waals surface area contributed by atoms with Crippen molar-refractivity contribution in [2.75, 3.05) is 7.05 Å². The molecule has 0 aliphatic heterocycles. The molecule has 0 aliphatic carbocycles. The third-order valence-corrected chi connectivity index (χ3v) is 5.78. The van der Waals surface area contributed by atoms with Crippen molar-refractivity contribution in [3.63, 3.8) is 0 Å². The van der Waals surface area contributed by atoms with Crippen LogP contribution in [-0.4, -0.2) is 29.6 Å². The summed E-state index contributed by atoms with van der Waals surface area (Å²) in [5, 5.41) is 0.837. The lowest BCUT2D eigenvalue weighted by atomic mass is 10.1. The number of imidazole rings is 1. The van der Waals surface area contributed by atoms with Gasteiger partial charge in [0.05, 0.1) is 22.4 Å². The Hall–Kier alpha value is -2.90. The Morgan fingerprint density at radius 1 is 1.04 bits per heavy atom. The number of benzene rings is 2. The van der Waals surface area contributed by atoms with Gasteiger partial charge in [0.2, 0.25) is 10.0 Å². The van der Waals surface area contributed by atoms with Crippen molar-refractivity contribution in [1.29, 1.82) is 0 Å². The maximum atomic E-state index is 12.2. The fraction of sp³-hybridized carbons (Fsp3) is 0.105. The highest BCUT2D eigenvalue weighted by molar-refractivity contribution is 7.89. The van der Waals surface area contributed by atoms with E-state index in [-0.39, 0.29) is 4.90 Å². The van der Waals surface area contributed by atoms with Crippen molar-refractivity contribution in [3.8, 4) is 16.9 Å². The summed E-state index contributed by atoms with van der Waals surface area (Å²) in [4.78, 5) is 4.67. The van der Waals surface area contributed by atoms with Crippen LogP contribution in [0.3, 0.4) is 0 Å². The Bertz CT molecular complexity index is 1190. The smallest absolute Gasteiger partial charge is 0.240 e. The zero-order chi connectivity index (χ0) is 18.3. The monoisotopic (exact) mass is 366 g/mol. The van der Waals surface area contributed by atoms with Gasteiger partial charge in [-0.25, -0.2) is 18.1 Å². The molecule has 1 N–H and O–H groups in total. The topological polar surface area (TPSA) is 68.9 Å². The number of para-hydroxylation sites is 1. The summed E-state index contributed by atoms with van der Waals surface area (Å²) in [5.41, 5.74) is 3.61. The van der Waals surface area contributed by atoms with E-state index in [0.717, 1.165) is 27.8 Å². The van der Waals surface area contributed by atoms with Crippen LogP contribution in [0.4, 0.5) is 0 Å². The van der Waals surface area contributed by atoms with Crippen molar-refractivity contribution in [3.05, 3.63) is 67.3 Å². The molecule has 4 aromatic rings. The molecule has 132 valence electrons. The second-order valence-corrected chi connectivity index (χ2v) is 7.95. The molecule has 0 saturated heterocycles. The minimum absolute atomic E-state index is 0.232. The third kappa shape index (κ3) is 2.71. The first-order valence-electron chi connectivity index (χ1n) is 8.12. The van der Waals surface area contributed by atoms with Gasteiger partial charge < -0.3 is 9.13 Å². The van der Waals surface area contributed by atoms with E-state index in [1.54, 1.807) is 18.5 Å².